The van der Waals surface area contributed by atoms with Gasteiger partial charge < -0.3 is 24.3 Å². The monoisotopic (exact) mass is 524 g/mol. The summed E-state index contributed by atoms with van der Waals surface area (Å²) in [6.07, 6.45) is 3.75. The maximum atomic E-state index is 6.61. The zero-order chi connectivity index (χ0) is 24.5. The summed E-state index contributed by atoms with van der Waals surface area (Å²) in [4.78, 5) is 6.68. The average molecular weight is 525 g/mol. The first-order valence-corrected chi connectivity index (χ1v) is 12.0. The fourth-order valence-corrected chi connectivity index (χ4v) is 5.27. The molecule has 0 radical (unpaired) electrons. The Morgan fingerprint density at radius 1 is 0.943 bits per heavy atom. The summed E-state index contributed by atoms with van der Waals surface area (Å²) < 4.78 is 13.3. The Kier molecular flexibility index (Phi) is 6.56. The Hall–Kier alpha value is -3.26. The molecule has 35 heavy (non-hydrogen) atoms. The number of thiocarbonyl (C=S) groups is 1. The third kappa shape index (κ3) is 4.31. The SMILES string of the molecule is COc1ccc(OC)c(N2C(=S)N[C@@H](c3ccccn3)[C@H]2c2cccn2-c2ccc(Cl)cc2Cl)c1. The van der Waals surface area contributed by atoms with Crippen LogP contribution in [-0.4, -0.2) is 28.9 Å². The summed E-state index contributed by atoms with van der Waals surface area (Å²) in [7, 11) is 3.27. The standard InChI is InChI=1S/C26H22Cl2N4O2S/c1-33-17-9-11-23(34-2)22(15-17)32-25(24(30-26(32)35)19-6-3-4-12-29-19)21-7-5-13-31(21)20-10-8-16(27)14-18(20)28/h3-15,24-25H,1-2H3,(H,30,35)/t24-,25+/m0/s1. The summed E-state index contributed by atoms with van der Waals surface area (Å²) in [5.41, 5.74) is 3.41. The van der Waals surface area contributed by atoms with Gasteiger partial charge in [0.2, 0.25) is 0 Å². The molecule has 0 saturated carbocycles. The fourth-order valence-electron chi connectivity index (χ4n) is 4.43. The van der Waals surface area contributed by atoms with E-state index in [0.29, 0.717) is 26.7 Å². The van der Waals surface area contributed by atoms with E-state index in [-0.39, 0.29) is 12.1 Å². The molecule has 9 heteroatoms. The number of nitrogens with one attached hydrogen (secondary N) is 1. The van der Waals surface area contributed by atoms with Crippen LogP contribution in [0.3, 0.4) is 0 Å². The van der Waals surface area contributed by atoms with Crippen LogP contribution in [0.25, 0.3) is 5.69 Å². The van der Waals surface area contributed by atoms with Crippen LogP contribution in [0.5, 0.6) is 11.5 Å². The quantitative estimate of drug-likeness (QED) is 0.295. The van der Waals surface area contributed by atoms with Gasteiger partial charge in [0, 0.05) is 29.2 Å². The van der Waals surface area contributed by atoms with Crippen LogP contribution in [0.2, 0.25) is 10.0 Å². The number of methoxy groups -OCH3 is 2. The van der Waals surface area contributed by atoms with Crippen molar-refractivity contribution in [2.24, 2.45) is 0 Å². The van der Waals surface area contributed by atoms with Crippen molar-refractivity contribution in [1.29, 1.82) is 0 Å². The van der Waals surface area contributed by atoms with E-state index in [0.717, 1.165) is 22.8 Å². The van der Waals surface area contributed by atoms with Gasteiger partial charge in [-0.15, -0.1) is 0 Å². The molecule has 0 bridgehead atoms. The zero-order valence-corrected chi connectivity index (χ0v) is 21.3. The highest BCUT2D eigenvalue weighted by atomic mass is 35.5. The van der Waals surface area contributed by atoms with Crippen LogP contribution < -0.4 is 19.7 Å². The van der Waals surface area contributed by atoms with E-state index in [9.17, 15) is 0 Å². The van der Waals surface area contributed by atoms with Gasteiger partial charge in [-0.3, -0.25) is 4.98 Å². The Morgan fingerprint density at radius 3 is 2.51 bits per heavy atom. The number of aromatic nitrogens is 2. The minimum Gasteiger partial charge on any atom is -0.497 e. The van der Waals surface area contributed by atoms with Crippen LogP contribution in [0.4, 0.5) is 5.69 Å². The van der Waals surface area contributed by atoms with Gasteiger partial charge in [-0.1, -0.05) is 29.3 Å². The second kappa shape index (κ2) is 9.77. The van der Waals surface area contributed by atoms with Crippen molar-refractivity contribution in [1.82, 2.24) is 14.9 Å². The van der Waals surface area contributed by atoms with Crippen molar-refractivity contribution in [3.8, 4) is 17.2 Å². The van der Waals surface area contributed by atoms with Gasteiger partial charge in [0.25, 0.3) is 0 Å². The zero-order valence-electron chi connectivity index (χ0n) is 19.0. The molecule has 6 nitrogen and oxygen atoms in total. The molecule has 0 aliphatic carbocycles. The number of pyridine rings is 1. The van der Waals surface area contributed by atoms with Crippen molar-refractivity contribution in [2.75, 3.05) is 19.1 Å². The molecule has 1 saturated heterocycles. The molecular weight excluding hydrogens is 503 g/mol. The molecule has 0 spiro atoms. The molecule has 0 unspecified atom stereocenters. The third-order valence-electron chi connectivity index (χ3n) is 6.00. The van der Waals surface area contributed by atoms with E-state index in [4.69, 9.17) is 44.9 Å². The van der Waals surface area contributed by atoms with Gasteiger partial charge in [-0.25, -0.2) is 0 Å². The van der Waals surface area contributed by atoms with Gasteiger partial charge in [-0.2, -0.15) is 0 Å². The summed E-state index contributed by atoms with van der Waals surface area (Å²) in [5, 5.41) is 5.15. The second-order valence-corrected chi connectivity index (χ2v) is 9.16. The van der Waals surface area contributed by atoms with Crippen molar-refractivity contribution in [3.05, 3.63) is 101 Å². The topological polar surface area (TPSA) is 51.6 Å². The Labute approximate surface area is 219 Å². The number of halogens is 2. The lowest BCUT2D eigenvalue weighted by molar-refractivity contribution is 0.402. The second-order valence-electron chi connectivity index (χ2n) is 7.93. The highest BCUT2D eigenvalue weighted by molar-refractivity contribution is 7.80. The van der Waals surface area contributed by atoms with Gasteiger partial charge >= 0.3 is 0 Å². The Bertz CT molecular complexity index is 1380. The first kappa shape index (κ1) is 23.5. The molecule has 0 amide bonds. The van der Waals surface area contributed by atoms with Crippen molar-refractivity contribution in [3.63, 3.8) is 0 Å². The molecule has 2 atom stereocenters. The summed E-state index contributed by atoms with van der Waals surface area (Å²) in [6, 6.07) is 20.5. The van der Waals surface area contributed by atoms with Crippen LogP contribution in [0.15, 0.2) is 79.1 Å². The van der Waals surface area contributed by atoms with Gasteiger partial charge in [-0.05, 0) is 66.8 Å². The fraction of sp³-hybridized carbons (Fsp3) is 0.154. The molecule has 1 fully saturated rings. The molecule has 178 valence electrons. The number of benzene rings is 2. The van der Waals surface area contributed by atoms with Crippen molar-refractivity contribution >= 4 is 46.2 Å². The summed E-state index contributed by atoms with van der Waals surface area (Å²) in [6.45, 7) is 0. The molecular formula is C26H22Cl2N4O2S. The molecule has 1 aliphatic rings. The minimum absolute atomic E-state index is 0.237. The minimum atomic E-state index is -0.278. The van der Waals surface area contributed by atoms with Crippen LogP contribution in [0.1, 0.15) is 23.5 Å². The summed E-state index contributed by atoms with van der Waals surface area (Å²) in [5.74, 6) is 1.36. The van der Waals surface area contributed by atoms with Crippen molar-refractivity contribution in [2.45, 2.75) is 12.1 Å². The van der Waals surface area contributed by atoms with E-state index in [1.807, 2.05) is 65.7 Å². The highest BCUT2D eigenvalue weighted by Crippen LogP contribution is 2.46. The predicted octanol–water partition coefficient (Wildman–Crippen LogP) is 6.37. The van der Waals surface area contributed by atoms with Gasteiger partial charge in [0.15, 0.2) is 5.11 Å². The molecule has 5 rings (SSSR count). The average Bonchev–Trinajstić information content (AvgIpc) is 3.48. The lowest BCUT2D eigenvalue weighted by Gasteiger charge is -2.30. The number of hydrogen-bond donors (Lipinski definition) is 1. The lowest BCUT2D eigenvalue weighted by atomic mass is 10.0. The van der Waals surface area contributed by atoms with E-state index in [1.165, 1.54) is 0 Å². The van der Waals surface area contributed by atoms with Gasteiger partial charge in [0.1, 0.15) is 17.5 Å². The predicted molar refractivity (Wildman–Crippen MR) is 143 cm³/mol. The largest absolute Gasteiger partial charge is 0.497 e. The smallest absolute Gasteiger partial charge is 0.174 e. The van der Waals surface area contributed by atoms with E-state index < -0.39 is 0 Å². The highest BCUT2D eigenvalue weighted by Gasteiger charge is 2.43. The number of nitrogens with zero attached hydrogens (tertiary/aromatic N) is 3. The normalized spacial score (nSPS) is 17.4. The first-order chi connectivity index (χ1) is 17.0. The number of rotatable bonds is 6. The lowest BCUT2D eigenvalue weighted by Crippen LogP contribution is -2.30. The maximum Gasteiger partial charge on any atom is 0.174 e. The molecule has 3 heterocycles. The Balaban J connectivity index is 1.72. The molecule has 2 aromatic carbocycles. The van der Waals surface area contributed by atoms with E-state index in [1.54, 1.807) is 26.5 Å². The molecule has 2 aromatic heterocycles. The van der Waals surface area contributed by atoms with Gasteiger partial charge in [0.05, 0.1) is 42.4 Å². The maximum absolute atomic E-state index is 6.61. The van der Waals surface area contributed by atoms with E-state index in [2.05, 4.69) is 20.9 Å². The van der Waals surface area contributed by atoms with E-state index >= 15 is 0 Å². The first-order valence-electron chi connectivity index (χ1n) is 10.9. The summed E-state index contributed by atoms with van der Waals surface area (Å²) >= 11 is 18.7. The molecule has 1 aliphatic heterocycles. The molecule has 1 N–H and O–H groups in total. The van der Waals surface area contributed by atoms with Crippen LogP contribution >= 0.6 is 35.4 Å². The third-order valence-corrected chi connectivity index (χ3v) is 6.85. The number of hydrogen-bond acceptors (Lipinski definition) is 4. The van der Waals surface area contributed by atoms with Crippen molar-refractivity contribution < 1.29 is 9.47 Å². The number of ether oxygens (including phenoxy) is 2. The Morgan fingerprint density at radius 2 is 1.80 bits per heavy atom. The molecule has 4 aromatic rings. The number of anilines is 1. The van der Waals surface area contributed by atoms with Crippen LogP contribution in [-0.2, 0) is 0 Å². The van der Waals surface area contributed by atoms with Crippen LogP contribution in [0, 0.1) is 0 Å².